The molecule has 0 aliphatic carbocycles. The summed E-state index contributed by atoms with van der Waals surface area (Å²) in [6.45, 7) is 0.139. The van der Waals surface area contributed by atoms with E-state index in [9.17, 15) is 9.59 Å². The number of hydrogen-bond acceptors (Lipinski definition) is 7. The van der Waals surface area contributed by atoms with E-state index in [0.717, 1.165) is 0 Å². The molecule has 0 saturated carbocycles. The summed E-state index contributed by atoms with van der Waals surface area (Å²) >= 11 is 1.32. The van der Waals surface area contributed by atoms with Gasteiger partial charge in [0.1, 0.15) is 10.5 Å². The van der Waals surface area contributed by atoms with Gasteiger partial charge >= 0.3 is 0 Å². The predicted molar refractivity (Wildman–Crippen MR) is 76.8 cm³/mol. The number of H-pyrrole nitrogens is 2. The van der Waals surface area contributed by atoms with E-state index in [4.69, 9.17) is 5.73 Å². The summed E-state index contributed by atoms with van der Waals surface area (Å²) in [5.74, 6) is 0.0356. The Balaban J connectivity index is 1.84. The number of carbonyl (C=O) groups excluding carboxylic acids is 1. The van der Waals surface area contributed by atoms with Gasteiger partial charge in [-0.3, -0.25) is 14.7 Å². The molecule has 3 aromatic rings. The van der Waals surface area contributed by atoms with Crippen LogP contribution in [0, 0.1) is 0 Å². The Kier molecular flexibility index (Phi) is 3.14. The zero-order valence-electron chi connectivity index (χ0n) is 11.0. The summed E-state index contributed by atoms with van der Waals surface area (Å²) in [6.07, 6.45) is 0. The van der Waals surface area contributed by atoms with Crippen LogP contribution >= 0.6 is 11.3 Å². The molecular weight excluding hydrogens is 294 g/mol. The maximum absolute atomic E-state index is 12.1. The van der Waals surface area contributed by atoms with Crippen molar-refractivity contribution in [3.63, 3.8) is 0 Å². The molecule has 9 nitrogen and oxygen atoms in total. The van der Waals surface area contributed by atoms with E-state index in [1.807, 2.05) is 0 Å². The van der Waals surface area contributed by atoms with E-state index < -0.39 is 5.91 Å². The maximum Gasteiger partial charge on any atom is 0.291 e. The van der Waals surface area contributed by atoms with Crippen LogP contribution in [-0.4, -0.2) is 43.0 Å². The third-order valence-corrected chi connectivity index (χ3v) is 3.71. The van der Waals surface area contributed by atoms with Gasteiger partial charge in [0, 0.05) is 7.05 Å². The standard InChI is InChI=1S/C11H11N7O2S/c1-18(10(20)8-15-11(12)17-16-8)4-6-13-5-2-3-21-7(5)9(19)14-6/h2-3H,4H2,1H3,(H,13,14,19)(H3,12,15,16,17). The molecule has 0 aliphatic heterocycles. The molecule has 0 aromatic carbocycles. The van der Waals surface area contributed by atoms with E-state index in [-0.39, 0.29) is 23.9 Å². The molecule has 0 bridgehead atoms. The van der Waals surface area contributed by atoms with Crippen molar-refractivity contribution >= 4 is 33.4 Å². The Morgan fingerprint density at radius 3 is 3.00 bits per heavy atom. The van der Waals surface area contributed by atoms with Gasteiger partial charge in [-0.25, -0.2) is 4.98 Å². The van der Waals surface area contributed by atoms with Crippen LogP contribution in [0.3, 0.4) is 0 Å². The van der Waals surface area contributed by atoms with Gasteiger partial charge in [0.05, 0.1) is 12.1 Å². The van der Waals surface area contributed by atoms with Crippen molar-refractivity contribution in [2.45, 2.75) is 6.54 Å². The summed E-state index contributed by atoms with van der Waals surface area (Å²) in [7, 11) is 1.57. The highest BCUT2D eigenvalue weighted by Crippen LogP contribution is 2.14. The number of fused-ring (bicyclic) bond motifs is 1. The van der Waals surface area contributed by atoms with Gasteiger partial charge in [0.15, 0.2) is 0 Å². The molecule has 0 aliphatic rings. The van der Waals surface area contributed by atoms with Crippen LogP contribution in [0.5, 0.6) is 0 Å². The van der Waals surface area contributed by atoms with E-state index in [0.29, 0.717) is 16.0 Å². The Morgan fingerprint density at radius 2 is 2.29 bits per heavy atom. The van der Waals surface area contributed by atoms with Crippen LogP contribution < -0.4 is 11.3 Å². The number of anilines is 1. The lowest BCUT2D eigenvalue weighted by molar-refractivity contribution is 0.0770. The number of nitrogen functional groups attached to an aromatic ring is 1. The van der Waals surface area contributed by atoms with Crippen molar-refractivity contribution < 1.29 is 4.79 Å². The molecule has 0 saturated heterocycles. The number of hydrogen-bond donors (Lipinski definition) is 3. The van der Waals surface area contributed by atoms with E-state index in [1.165, 1.54) is 16.2 Å². The van der Waals surface area contributed by atoms with E-state index >= 15 is 0 Å². The van der Waals surface area contributed by atoms with Gasteiger partial charge in [0.25, 0.3) is 11.5 Å². The summed E-state index contributed by atoms with van der Waals surface area (Å²) in [5, 5.41) is 7.83. The molecule has 3 heterocycles. The second kappa shape index (κ2) is 4.98. The molecule has 108 valence electrons. The molecule has 3 aromatic heterocycles. The lowest BCUT2D eigenvalue weighted by atomic mass is 10.4. The minimum Gasteiger partial charge on any atom is -0.366 e. The topological polar surface area (TPSA) is 134 Å². The highest BCUT2D eigenvalue weighted by Gasteiger charge is 2.17. The monoisotopic (exact) mass is 305 g/mol. The first-order chi connectivity index (χ1) is 10.0. The first kappa shape index (κ1) is 13.2. The van der Waals surface area contributed by atoms with Crippen LogP contribution in [0.25, 0.3) is 10.2 Å². The quantitative estimate of drug-likeness (QED) is 0.621. The zero-order valence-corrected chi connectivity index (χ0v) is 11.8. The minimum absolute atomic E-state index is 0.00188. The summed E-state index contributed by atoms with van der Waals surface area (Å²) in [4.78, 5) is 36.0. The number of nitrogens with zero attached hydrogens (tertiary/aromatic N) is 4. The predicted octanol–water partition coefficient (Wildman–Crippen LogP) is -0.0429. The van der Waals surface area contributed by atoms with Gasteiger partial charge in [-0.05, 0) is 11.4 Å². The molecule has 1 amide bonds. The lowest BCUT2D eigenvalue weighted by Crippen LogP contribution is -2.29. The summed E-state index contributed by atoms with van der Waals surface area (Å²) in [6, 6.07) is 1.76. The first-order valence-electron chi connectivity index (χ1n) is 5.94. The third-order valence-electron chi connectivity index (χ3n) is 2.80. The molecule has 3 rings (SSSR count). The number of nitrogens with one attached hydrogen (secondary N) is 2. The Hall–Kier alpha value is -2.75. The van der Waals surface area contributed by atoms with Crippen molar-refractivity contribution in [3.05, 3.63) is 33.4 Å². The number of aromatic nitrogens is 5. The molecule has 0 radical (unpaired) electrons. The van der Waals surface area contributed by atoms with E-state index in [1.54, 1.807) is 18.5 Å². The molecule has 0 spiro atoms. The molecule has 0 atom stereocenters. The number of rotatable bonds is 3. The molecule has 10 heteroatoms. The fraction of sp³-hybridized carbons (Fsp3) is 0.182. The van der Waals surface area contributed by atoms with Crippen LogP contribution in [0.15, 0.2) is 16.2 Å². The smallest absolute Gasteiger partial charge is 0.291 e. The average Bonchev–Trinajstić information content (AvgIpc) is 3.06. The highest BCUT2D eigenvalue weighted by atomic mass is 32.1. The largest absolute Gasteiger partial charge is 0.366 e. The van der Waals surface area contributed by atoms with Crippen LogP contribution in [0.4, 0.5) is 5.95 Å². The molecule has 0 unspecified atom stereocenters. The normalized spacial score (nSPS) is 10.9. The number of nitrogens with two attached hydrogens (primary N) is 1. The van der Waals surface area contributed by atoms with Crippen molar-refractivity contribution in [3.8, 4) is 0 Å². The molecule has 21 heavy (non-hydrogen) atoms. The molecule has 0 fully saturated rings. The first-order valence-corrected chi connectivity index (χ1v) is 6.82. The Bertz CT molecular complexity index is 865. The number of carbonyl (C=O) groups is 1. The van der Waals surface area contributed by atoms with Crippen molar-refractivity contribution in [1.82, 2.24) is 30.0 Å². The number of amides is 1. The molecular formula is C11H11N7O2S. The van der Waals surface area contributed by atoms with Crippen molar-refractivity contribution in [1.29, 1.82) is 0 Å². The molecule has 4 N–H and O–H groups in total. The summed E-state index contributed by atoms with van der Waals surface area (Å²) in [5.41, 5.74) is 5.76. The zero-order chi connectivity index (χ0) is 15.0. The Labute approximate surface area is 121 Å². The SMILES string of the molecule is CN(Cc1nc2ccsc2c(=O)[nH]1)C(=O)c1nc(N)n[nH]1. The van der Waals surface area contributed by atoms with Crippen molar-refractivity contribution in [2.24, 2.45) is 0 Å². The highest BCUT2D eigenvalue weighted by molar-refractivity contribution is 7.17. The fourth-order valence-corrected chi connectivity index (χ4v) is 2.57. The lowest BCUT2D eigenvalue weighted by Gasteiger charge is -2.14. The number of thiophene rings is 1. The van der Waals surface area contributed by atoms with Gasteiger partial charge in [-0.2, -0.15) is 4.98 Å². The van der Waals surface area contributed by atoms with E-state index in [2.05, 4.69) is 25.1 Å². The average molecular weight is 305 g/mol. The number of aromatic amines is 2. The van der Waals surface area contributed by atoms with Gasteiger partial charge in [0.2, 0.25) is 11.8 Å². The van der Waals surface area contributed by atoms with Crippen LogP contribution in [0.1, 0.15) is 16.4 Å². The van der Waals surface area contributed by atoms with Gasteiger partial charge in [-0.15, -0.1) is 16.4 Å². The fourth-order valence-electron chi connectivity index (χ4n) is 1.84. The van der Waals surface area contributed by atoms with Crippen LogP contribution in [-0.2, 0) is 6.54 Å². The van der Waals surface area contributed by atoms with Crippen LogP contribution in [0.2, 0.25) is 0 Å². The second-order valence-corrected chi connectivity index (χ2v) is 5.27. The van der Waals surface area contributed by atoms with Gasteiger partial charge < -0.3 is 15.6 Å². The summed E-state index contributed by atoms with van der Waals surface area (Å²) < 4.78 is 0.565. The van der Waals surface area contributed by atoms with Gasteiger partial charge in [-0.1, -0.05) is 0 Å². The minimum atomic E-state index is -0.396. The third kappa shape index (κ3) is 2.48. The Morgan fingerprint density at radius 1 is 1.48 bits per heavy atom. The van der Waals surface area contributed by atoms with Crippen molar-refractivity contribution in [2.75, 3.05) is 12.8 Å². The maximum atomic E-state index is 12.1. The second-order valence-electron chi connectivity index (χ2n) is 4.35.